The van der Waals surface area contributed by atoms with E-state index in [-0.39, 0.29) is 5.91 Å². The summed E-state index contributed by atoms with van der Waals surface area (Å²) in [5, 5.41) is 0. The molecule has 0 spiro atoms. The van der Waals surface area contributed by atoms with Crippen molar-refractivity contribution in [3.8, 4) is 17.6 Å². The van der Waals surface area contributed by atoms with E-state index in [4.69, 9.17) is 10.5 Å². The van der Waals surface area contributed by atoms with Gasteiger partial charge in [-0.25, -0.2) is 0 Å². The first-order valence-corrected chi connectivity index (χ1v) is 7.42. The maximum atomic E-state index is 11.8. The summed E-state index contributed by atoms with van der Waals surface area (Å²) in [5.74, 6) is 7.32. The van der Waals surface area contributed by atoms with Gasteiger partial charge in [-0.05, 0) is 24.1 Å². The van der Waals surface area contributed by atoms with Gasteiger partial charge in [0.05, 0.1) is 13.1 Å². The number of hydrogen-bond donors (Lipinski definition) is 1. The molecule has 4 nitrogen and oxygen atoms in total. The minimum absolute atomic E-state index is 0.244. The summed E-state index contributed by atoms with van der Waals surface area (Å²) in [4.78, 5) is 13.7. The average molecular weight is 286 g/mol. The van der Waals surface area contributed by atoms with Crippen LogP contribution in [-0.4, -0.2) is 37.0 Å². The van der Waals surface area contributed by atoms with E-state index in [9.17, 15) is 4.79 Å². The predicted molar refractivity (Wildman–Crippen MR) is 82.8 cm³/mol. The van der Waals surface area contributed by atoms with E-state index in [1.165, 1.54) is 0 Å². The Balaban J connectivity index is 1.82. The summed E-state index contributed by atoms with van der Waals surface area (Å²) in [6.45, 7) is 4.50. The van der Waals surface area contributed by atoms with Crippen LogP contribution in [0.25, 0.3) is 0 Å². The number of amides is 1. The van der Waals surface area contributed by atoms with Gasteiger partial charge in [0, 0.05) is 18.5 Å². The molecule has 0 aromatic heterocycles. The van der Waals surface area contributed by atoms with Crippen molar-refractivity contribution >= 4 is 5.91 Å². The molecule has 0 radical (unpaired) electrons. The third kappa shape index (κ3) is 4.51. The van der Waals surface area contributed by atoms with Gasteiger partial charge in [0.1, 0.15) is 12.4 Å². The molecule has 0 aliphatic carbocycles. The number of carbonyl (C=O) groups excluding carboxylic acids is 1. The van der Waals surface area contributed by atoms with Crippen LogP contribution in [0, 0.1) is 17.8 Å². The minimum Gasteiger partial charge on any atom is -0.492 e. The second-order valence-electron chi connectivity index (χ2n) is 5.20. The van der Waals surface area contributed by atoms with Crippen LogP contribution >= 0.6 is 0 Å². The zero-order valence-electron chi connectivity index (χ0n) is 12.5. The number of likely N-dealkylation sites (tertiary alicyclic amines) is 1. The van der Waals surface area contributed by atoms with Crippen molar-refractivity contribution in [2.24, 2.45) is 11.7 Å². The SMILES string of the molecule is CCC1CC(=O)N(CCOc2cccc(C#CCN)c2)C1. The zero-order valence-corrected chi connectivity index (χ0v) is 12.5. The van der Waals surface area contributed by atoms with E-state index in [0.29, 0.717) is 32.0 Å². The summed E-state index contributed by atoms with van der Waals surface area (Å²) < 4.78 is 5.71. The lowest BCUT2D eigenvalue weighted by atomic mass is 10.1. The summed E-state index contributed by atoms with van der Waals surface area (Å²) in [5.41, 5.74) is 6.25. The molecule has 1 saturated heterocycles. The predicted octanol–water partition coefficient (Wildman–Crippen LogP) is 1.63. The standard InChI is InChI=1S/C17H22N2O2/c1-2-14-12-17(20)19(13-14)9-10-21-16-7-3-5-15(11-16)6-4-8-18/h3,5,7,11,14H,2,8-10,12-13,18H2,1H3. The van der Waals surface area contributed by atoms with E-state index in [2.05, 4.69) is 18.8 Å². The van der Waals surface area contributed by atoms with Gasteiger partial charge >= 0.3 is 0 Å². The number of rotatable bonds is 5. The van der Waals surface area contributed by atoms with Gasteiger partial charge in [-0.15, -0.1) is 0 Å². The molecule has 0 bridgehead atoms. The molecule has 0 saturated carbocycles. The molecule has 1 aromatic carbocycles. The van der Waals surface area contributed by atoms with E-state index in [0.717, 1.165) is 24.3 Å². The van der Waals surface area contributed by atoms with Crippen molar-refractivity contribution in [1.82, 2.24) is 4.90 Å². The van der Waals surface area contributed by atoms with Crippen LogP contribution in [0.5, 0.6) is 5.75 Å². The van der Waals surface area contributed by atoms with Crippen molar-refractivity contribution < 1.29 is 9.53 Å². The molecule has 1 unspecified atom stereocenters. The second-order valence-corrected chi connectivity index (χ2v) is 5.20. The largest absolute Gasteiger partial charge is 0.492 e. The van der Waals surface area contributed by atoms with Gasteiger partial charge in [-0.3, -0.25) is 4.79 Å². The average Bonchev–Trinajstić information content (AvgIpc) is 2.86. The van der Waals surface area contributed by atoms with Crippen molar-refractivity contribution in [2.45, 2.75) is 19.8 Å². The number of nitrogens with two attached hydrogens (primary N) is 1. The van der Waals surface area contributed by atoms with Gasteiger partial charge in [0.25, 0.3) is 0 Å². The number of hydrogen-bond acceptors (Lipinski definition) is 3. The highest BCUT2D eigenvalue weighted by Crippen LogP contribution is 2.20. The highest BCUT2D eigenvalue weighted by atomic mass is 16.5. The smallest absolute Gasteiger partial charge is 0.223 e. The summed E-state index contributed by atoms with van der Waals surface area (Å²) in [6, 6.07) is 7.62. The third-order valence-electron chi connectivity index (χ3n) is 3.67. The minimum atomic E-state index is 0.244. The monoisotopic (exact) mass is 286 g/mol. The summed E-state index contributed by atoms with van der Waals surface area (Å²) >= 11 is 0. The van der Waals surface area contributed by atoms with Gasteiger partial charge in [0.2, 0.25) is 5.91 Å². The Kier molecular flexibility index (Phi) is 5.65. The highest BCUT2D eigenvalue weighted by Gasteiger charge is 2.27. The number of carbonyl (C=O) groups is 1. The molecule has 1 amide bonds. The lowest BCUT2D eigenvalue weighted by Crippen LogP contribution is -2.29. The normalized spacial score (nSPS) is 17.5. The number of nitrogens with zero attached hydrogens (tertiary/aromatic N) is 1. The molecule has 21 heavy (non-hydrogen) atoms. The van der Waals surface area contributed by atoms with Gasteiger partial charge < -0.3 is 15.4 Å². The molecular weight excluding hydrogens is 264 g/mol. The van der Waals surface area contributed by atoms with Gasteiger partial charge in [0.15, 0.2) is 0 Å². The molecule has 2 N–H and O–H groups in total. The van der Waals surface area contributed by atoms with E-state index in [1.807, 2.05) is 29.2 Å². The molecule has 1 aliphatic heterocycles. The quantitative estimate of drug-likeness (QED) is 0.837. The van der Waals surface area contributed by atoms with Gasteiger partial charge in [-0.1, -0.05) is 31.3 Å². The lowest BCUT2D eigenvalue weighted by Gasteiger charge is -2.16. The molecular formula is C17H22N2O2. The Bertz CT molecular complexity index is 545. The second kappa shape index (κ2) is 7.70. The van der Waals surface area contributed by atoms with E-state index in [1.54, 1.807) is 0 Å². The van der Waals surface area contributed by atoms with Crippen LogP contribution < -0.4 is 10.5 Å². The lowest BCUT2D eigenvalue weighted by molar-refractivity contribution is -0.128. The fourth-order valence-corrected chi connectivity index (χ4v) is 2.43. The van der Waals surface area contributed by atoms with E-state index < -0.39 is 0 Å². The first-order chi connectivity index (χ1) is 10.2. The highest BCUT2D eigenvalue weighted by molar-refractivity contribution is 5.78. The van der Waals surface area contributed by atoms with Crippen LogP contribution in [0.3, 0.4) is 0 Å². The molecule has 112 valence electrons. The third-order valence-corrected chi connectivity index (χ3v) is 3.67. The first-order valence-electron chi connectivity index (χ1n) is 7.42. The van der Waals surface area contributed by atoms with Crippen molar-refractivity contribution in [3.63, 3.8) is 0 Å². The Morgan fingerprint density at radius 1 is 1.48 bits per heavy atom. The Morgan fingerprint density at radius 2 is 2.33 bits per heavy atom. The Hall–Kier alpha value is -1.99. The Morgan fingerprint density at radius 3 is 3.05 bits per heavy atom. The van der Waals surface area contributed by atoms with Crippen LogP contribution in [0.1, 0.15) is 25.3 Å². The fourth-order valence-electron chi connectivity index (χ4n) is 2.43. The van der Waals surface area contributed by atoms with Crippen LogP contribution in [-0.2, 0) is 4.79 Å². The van der Waals surface area contributed by atoms with Crippen LogP contribution in [0.4, 0.5) is 0 Å². The molecule has 1 aliphatic rings. The zero-order chi connectivity index (χ0) is 15.1. The Labute approximate surface area is 126 Å². The molecule has 2 rings (SSSR count). The first kappa shape index (κ1) is 15.4. The maximum absolute atomic E-state index is 11.8. The van der Waals surface area contributed by atoms with Crippen LogP contribution in [0.2, 0.25) is 0 Å². The topological polar surface area (TPSA) is 55.6 Å². The number of benzene rings is 1. The van der Waals surface area contributed by atoms with E-state index >= 15 is 0 Å². The van der Waals surface area contributed by atoms with Crippen molar-refractivity contribution in [1.29, 1.82) is 0 Å². The molecule has 4 heteroatoms. The van der Waals surface area contributed by atoms with Crippen LogP contribution in [0.15, 0.2) is 24.3 Å². The maximum Gasteiger partial charge on any atom is 0.223 e. The number of ether oxygens (including phenoxy) is 1. The summed E-state index contributed by atoms with van der Waals surface area (Å²) in [6.07, 6.45) is 1.74. The van der Waals surface area contributed by atoms with Crippen molar-refractivity contribution in [2.75, 3.05) is 26.2 Å². The molecule has 1 heterocycles. The summed E-state index contributed by atoms with van der Waals surface area (Å²) in [7, 11) is 0. The van der Waals surface area contributed by atoms with Crippen molar-refractivity contribution in [3.05, 3.63) is 29.8 Å². The molecule has 1 fully saturated rings. The molecule has 1 atom stereocenters. The molecule has 1 aromatic rings. The fraction of sp³-hybridized carbons (Fsp3) is 0.471. The van der Waals surface area contributed by atoms with Gasteiger partial charge in [-0.2, -0.15) is 0 Å².